The number of amides is 1. The van der Waals surface area contributed by atoms with Gasteiger partial charge in [-0.15, -0.1) is 0 Å². The fourth-order valence-electron chi connectivity index (χ4n) is 5.89. The predicted octanol–water partition coefficient (Wildman–Crippen LogP) is 8.46. The SMILES string of the molecule is CCOc1cc(C(=O)O)ccc1N(Cc1cc(C2CC2)cc(C(C)(C)C)c1)C(=O)CN(Cc1ccccc1C#N)S(=O)(=O)c1c(F)c(F)c(F)c(F)c1Cl. The summed E-state index contributed by atoms with van der Waals surface area (Å²) in [5.41, 5.74) is 2.23. The predicted molar refractivity (Wildman–Crippen MR) is 193 cm³/mol. The zero-order valence-corrected chi connectivity index (χ0v) is 31.3. The van der Waals surface area contributed by atoms with Crippen LogP contribution in [-0.4, -0.2) is 42.9 Å². The number of hydrogen-bond donors (Lipinski definition) is 1. The molecule has 4 aromatic carbocycles. The molecule has 0 unspecified atom stereocenters. The van der Waals surface area contributed by atoms with E-state index in [0.29, 0.717) is 15.8 Å². The average molecular weight is 786 g/mol. The Labute approximate surface area is 315 Å². The molecule has 54 heavy (non-hydrogen) atoms. The molecule has 1 saturated carbocycles. The summed E-state index contributed by atoms with van der Waals surface area (Å²) in [7, 11) is -5.49. The number of hydrogen-bond acceptors (Lipinski definition) is 6. The lowest BCUT2D eigenvalue weighted by molar-refractivity contribution is -0.119. The number of aromatic carboxylic acids is 1. The van der Waals surface area contributed by atoms with Crippen molar-refractivity contribution in [3.8, 4) is 11.8 Å². The third-order valence-corrected chi connectivity index (χ3v) is 11.2. The van der Waals surface area contributed by atoms with Crippen molar-refractivity contribution in [2.45, 2.75) is 69.9 Å². The van der Waals surface area contributed by atoms with Crippen molar-refractivity contribution in [3.05, 3.63) is 122 Å². The fraction of sp³-hybridized carbons (Fsp3) is 0.308. The fourth-order valence-corrected chi connectivity index (χ4v) is 7.82. The molecule has 1 fully saturated rings. The molecule has 0 atom stereocenters. The minimum absolute atomic E-state index is 0.0267. The third kappa shape index (κ3) is 8.38. The second-order valence-corrected chi connectivity index (χ2v) is 16.1. The van der Waals surface area contributed by atoms with Crippen LogP contribution in [0.15, 0.2) is 65.6 Å². The Balaban J connectivity index is 1.69. The Morgan fingerprint density at radius 3 is 2.24 bits per heavy atom. The van der Waals surface area contributed by atoms with Crippen molar-refractivity contribution in [2.75, 3.05) is 18.1 Å². The summed E-state index contributed by atoms with van der Waals surface area (Å²) >= 11 is 5.82. The lowest BCUT2D eigenvalue weighted by atomic mass is 9.84. The van der Waals surface area contributed by atoms with Crippen LogP contribution < -0.4 is 9.64 Å². The molecular formula is C39H36ClF4N3O6S. The number of sulfonamides is 1. The number of nitrogens with zero attached hydrogens (tertiary/aromatic N) is 3. The molecule has 9 nitrogen and oxygen atoms in total. The largest absolute Gasteiger partial charge is 0.492 e. The molecule has 5 rings (SSSR count). The van der Waals surface area contributed by atoms with Crippen molar-refractivity contribution >= 4 is 39.2 Å². The Hall–Kier alpha value is -4.97. The molecular weight excluding hydrogens is 750 g/mol. The van der Waals surface area contributed by atoms with Gasteiger partial charge in [-0.3, -0.25) is 4.79 Å². The summed E-state index contributed by atoms with van der Waals surface area (Å²) in [6.07, 6.45) is 1.95. The topological polar surface area (TPSA) is 128 Å². The highest BCUT2D eigenvalue weighted by atomic mass is 35.5. The van der Waals surface area contributed by atoms with Crippen LogP contribution in [0.25, 0.3) is 0 Å². The van der Waals surface area contributed by atoms with E-state index in [4.69, 9.17) is 16.3 Å². The first-order valence-electron chi connectivity index (χ1n) is 16.8. The van der Waals surface area contributed by atoms with Crippen molar-refractivity contribution < 1.29 is 45.4 Å². The molecule has 0 aromatic heterocycles. The van der Waals surface area contributed by atoms with E-state index in [2.05, 4.69) is 6.07 Å². The monoisotopic (exact) mass is 785 g/mol. The Morgan fingerprint density at radius 1 is 0.963 bits per heavy atom. The van der Waals surface area contributed by atoms with E-state index in [-0.39, 0.29) is 46.7 Å². The number of anilines is 1. The minimum Gasteiger partial charge on any atom is -0.492 e. The van der Waals surface area contributed by atoms with Crippen LogP contribution in [0.5, 0.6) is 5.75 Å². The van der Waals surface area contributed by atoms with Gasteiger partial charge in [-0.25, -0.2) is 30.8 Å². The number of halogens is 5. The van der Waals surface area contributed by atoms with Crippen molar-refractivity contribution in [1.82, 2.24) is 4.31 Å². The molecule has 15 heteroatoms. The van der Waals surface area contributed by atoms with Crippen LogP contribution in [0.1, 0.15) is 84.6 Å². The van der Waals surface area contributed by atoms with E-state index >= 15 is 4.39 Å². The maximum atomic E-state index is 15.3. The number of rotatable bonds is 13. The van der Waals surface area contributed by atoms with Gasteiger partial charge >= 0.3 is 5.97 Å². The zero-order valence-electron chi connectivity index (χ0n) is 29.7. The maximum absolute atomic E-state index is 15.3. The molecule has 1 aliphatic rings. The van der Waals surface area contributed by atoms with Gasteiger partial charge in [-0.1, -0.05) is 68.8 Å². The van der Waals surface area contributed by atoms with Crippen LogP contribution in [0, 0.1) is 34.6 Å². The molecule has 1 N–H and O–H groups in total. The van der Waals surface area contributed by atoms with Gasteiger partial charge in [0.15, 0.2) is 23.3 Å². The first-order chi connectivity index (χ1) is 25.4. The summed E-state index contributed by atoms with van der Waals surface area (Å²) < 4.78 is 93.2. The quantitative estimate of drug-likeness (QED) is 0.0819. The van der Waals surface area contributed by atoms with Crippen LogP contribution in [-0.2, 0) is 33.3 Å². The van der Waals surface area contributed by atoms with Gasteiger partial charge in [-0.2, -0.15) is 9.57 Å². The minimum atomic E-state index is -5.49. The molecule has 0 spiro atoms. The second kappa shape index (κ2) is 15.8. The van der Waals surface area contributed by atoms with E-state index in [1.54, 1.807) is 6.92 Å². The normalized spacial score (nSPS) is 13.1. The van der Waals surface area contributed by atoms with Gasteiger partial charge in [0, 0.05) is 6.54 Å². The number of carbonyl (C=O) groups excluding carboxylic acids is 1. The summed E-state index contributed by atoms with van der Waals surface area (Å²) in [4.78, 5) is 26.0. The number of nitriles is 1. The van der Waals surface area contributed by atoms with Gasteiger partial charge < -0.3 is 14.7 Å². The number of benzene rings is 4. The van der Waals surface area contributed by atoms with Crippen LogP contribution in [0.2, 0.25) is 5.02 Å². The van der Waals surface area contributed by atoms with Gasteiger partial charge in [0.1, 0.15) is 15.7 Å². The number of carbonyl (C=O) groups is 2. The molecule has 1 amide bonds. The molecule has 284 valence electrons. The average Bonchev–Trinajstić information content (AvgIpc) is 3.98. The lowest BCUT2D eigenvalue weighted by Crippen LogP contribution is -2.43. The van der Waals surface area contributed by atoms with E-state index in [1.807, 2.05) is 39.0 Å². The van der Waals surface area contributed by atoms with Gasteiger partial charge in [0.25, 0.3) is 0 Å². The standard InChI is InChI=1S/C39H36ClF4N3O6S/c1-5-53-30-17-24(38(49)50)12-13-29(30)47(19-22-14-27(23-10-11-23)16-28(15-22)39(2,3)4)31(48)21-46(20-26-9-7-6-8-25(26)18-45)54(51,52)37-32(40)33(41)34(42)35(43)36(37)44/h6-9,12-17,23H,5,10-11,19-21H2,1-4H3,(H,49,50). The van der Waals surface area contributed by atoms with E-state index < -0.39 is 68.2 Å². The van der Waals surface area contributed by atoms with Crippen LogP contribution in [0.4, 0.5) is 23.2 Å². The summed E-state index contributed by atoms with van der Waals surface area (Å²) in [5, 5.41) is 17.9. The van der Waals surface area contributed by atoms with Gasteiger partial charge in [-0.05, 0) is 77.6 Å². The number of carboxylic acids is 1. The highest BCUT2D eigenvalue weighted by Crippen LogP contribution is 2.42. The second-order valence-electron chi connectivity index (χ2n) is 13.8. The van der Waals surface area contributed by atoms with Gasteiger partial charge in [0.2, 0.25) is 15.9 Å². The molecule has 0 saturated heterocycles. The Bertz CT molecular complexity index is 2260. The number of carboxylic acid groups (broad SMARTS) is 1. The highest BCUT2D eigenvalue weighted by molar-refractivity contribution is 7.89. The molecule has 0 radical (unpaired) electrons. The molecule has 4 aromatic rings. The highest BCUT2D eigenvalue weighted by Gasteiger charge is 2.38. The van der Waals surface area contributed by atoms with E-state index in [0.717, 1.165) is 28.9 Å². The smallest absolute Gasteiger partial charge is 0.335 e. The molecule has 0 aliphatic heterocycles. The first-order valence-corrected chi connectivity index (χ1v) is 18.6. The van der Waals surface area contributed by atoms with E-state index in [9.17, 15) is 41.5 Å². The molecule has 1 aliphatic carbocycles. The zero-order chi connectivity index (χ0) is 39.7. The molecule has 0 heterocycles. The lowest BCUT2D eigenvalue weighted by Gasteiger charge is -2.30. The number of ether oxygens (including phenoxy) is 1. The summed E-state index contributed by atoms with van der Waals surface area (Å²) in [6, 6.07) is 17.3. The van der Waals surface area contributed by atoms with Crippen LogP contribution >= 0.6 is 11.6 Å². The van der Waals surface area contributed by atoms with Crippen LogP contribution in [0.3, 0.4) is 0 Å². The summed E-state index contributed by atoms with van der Waals surface area (Å²) in [5.74, 6) is -11.2. The Morgan fingerprint density at radius 2 is 1.63 bits per heavy atom. The first kappa shape index (κ1) is 40.2. The van der Waals surface area contributed by atoms with Crippen molar-refractivity contribution in [1.29, 1.82) is 5.26 Å². The summed E-state index contributed by atoms with van der Waals surface area (Å²) in [6.45, 7) is 5.66. The molecule has 0 bridgehead atoms. The van der Waals surface area contributed by atoms with Gasteiger partial charge in [0.05, 0.1) is 42.6 Å². The van der Waals surface area contributed by atoms with Crippen molar-refractivity contribution in [2.24, 2.45) is 0 Å². The van der Waals surface area contributed by atoms with Crippen molar-refractivity contribution in [3.63, 3.8) is 0 Å². The third-order valence-electron chi connectivity index (χ3n) is 8.93. The maximum Gasteiger partial charge on any atom is 0.335 e. The van der Waals surface area contributed by atoms with E-state index in [1.165, 1.54) is 42.5 Å². The Kier molecular flexibility index (Phi) is 11.8.